The third-order valence-electron chi connectivity index (χ3n) is 1.30. The summed E-state index contributed by atoms with van der Waals surface area (Å²) in [6, 6.07) is 2.06. The summed E-state index contributed by atoms with van der Waals surface area (Å²) in [6.45, 7) is 3.82. The Hall–Kier alpha value is -0.520. The van der Waals surface area contributed by atoms with Crippen LogP contribution in [0.4, 0.5) is 0 Å². The van der Waals surface area contributed by atoms with Gasteiger partial charge < -0.3 is 0 Å². The maximum Gasteiger partial charge on any atom is 0.102 e. The Morgan fingerprint density at radius 1 is 1.40 bits per heavy atom. The van der Waals surface area contributed by atoms with Crippen LogP contribution in [0, 0.1) is 25.2 Å². The number of rotatable bonds is 0. The summed E-state index contributed by atoms with van der Waals surface area (Å²) in [6.07, 6.45) is 0. The number of halogens is 1. The Kier molecular flexibility index (Phi) is 1.98. The fourth-order valence-electron chi connectivity index (χ4n) is 0.784. The van der Waals surface area contributed by atoms with E-state index in [-0.39, 0.29) is 0 Å². The maximum absolute atomic E-state index is 8.58. The summed E-state index contributed by atoms with van der Waals surface area (Å²) < 4.78 is 0. The van der Waals surface area contributed by atoms with Crippen molar-refractivity contribution in [1.82, 2.24) is 0 Å². The fraction of sp³-hybridized carbons (Fsp3) is 0.286. The molecule has 0 fully saturated rings. The van der Waals surface area contributed by atoms with Crippen LogP contribution in [-0.4, -0.2) is 0 Å². The van der Waals surface area contributed by atoms with E-state index in [1.165, 1.54) is 0 Å². The zero-order valence-corrected chi connectivity index (χ0v) is 7.31. The second kappa shape index (κ2) is 2.61. The van der Waals surface area contributed by atoms with Crippen molar-refractivity contribution >= 4 is 22.9 Å². The second-order valence-corrected chi connectivity index (χ2v) is 3.82. The zero-order valence-electron chi connectivity index (χ0n) is 5.73. The number of nitriles is 1. The van der Waals surface area contributed by atoms with Crippen LogP contribution < -0.4 is 0 Å². The summed E-state index contributed by atoms with van der Waals surface area (Å²) in [5.41, 5.74) is 0.629. The van der Waals surface area contributed by atoms with E-state index >= 15 is 0 Å². The summed E-state index contributed by atoms with van der Waals surface area (Å²) in [7, 11) is 0. The molecule has 1 aromatic rings. The van der Waals surface area contributed by atoms with E-state index in [1.807, 2.05) is 13.8 Å². The van der Waals surface area contributed by atoms with Crippen LogP contribution in [0.2, 0.25) is 5.02 Å². The molecule has 0 aliphatic carbocycles. The van der Waals surface area contributed by atoms with E-state index in [1.54, 1.807) is 11.3 Å². The fourth-order valence-corrected chi connectivity index (χ4v) is 2.04. The first-order valence-corrected chi connectivity index (χ1v) is 4.02. The van der Waals surface area contributed by atoms with Gasteiger partial charge in [0.15, 0.2) is 0 Å². The highest BCUT2D eigenvalue weighted by atomic mass is 35.5. The molecule has 1 nitrogen and oxygen atoms in total. The Labute approximate surface area is 68.9 Å². The summed E-state index contributed by atoms with van der Waals surface area (Å²) in [4.78, 5) is 2.03. The van der Waals surface area contributed by atoms with Crippen LogP contribution in [0.3, 0.4) is 0 Å². The van der Waals surface area contributed by atoms with Gasteiger partial charge in [-0.3, -0.25) is 0 Å². The molecule has 0 unspecified atom stereocenters. The molecule has 0 aliphatic rings. The molecule has 0 amide bonds. The van der Waals surface area contributed by atoms with Crippen molar-refractivity contribution in [1.29, 1.82) is 5.26 Å². The van der Waals surface area contributed by atoms with E-state index in [2.05, 4.69) is 6.07 Å². The molecule has 1 rings (SSSR count). The quantitative estimate of drug-likeness (QED) is 0.589. The van der Waals surface area contributed by atoms with Crippen molar-refractivity contribution in [2.24, 2.45) is 0 Å². The molecule has 0 N–H and O–H groups in total. The van der Waals surface area contributed by atoms with Gasteiger partial charge in [0.25, 0.3) is 0 Å². The van der Waals surface area contributed by atoms with Crippen LogP contribution in [0.1, 0.15) is 15.3 Å². The Bertz CT molecular complexity index is 295. The van der Waals surface area contributed by atoms with Crippen molar-refractivity contribution in [2.75, 3.05) is 0 Å². The number of aryl methyl sites for hydroxylation is 2. The van der Waals surface area contributed by atoms with Crippen molar-refractivity contribution < 1.29 is 0 Å². The van der Waals surface area contributed by atoms with Gasteiger partial charge >= 0.3 is 0 Å². The van der Waals surface area contributed by atoms with Gasteiger partial charge in [0, 0.05) is 9.75 Å². The highest BCUT2D eigenvalue weighted by Gasteiger charge is 2.08. The highest BCUT2D eigenvalue weighted by molar-refractivity contribution is 7.12. The Morgan fingerprint density at radius 3 is 2.20 bits per heavy atom. The predicted molar refractivity (Wildman–Crippen MR) is 43.5 cm³/mol. The topological polar surface area (TPSA) is 23.8 Å². The smallest absolute Gasteiger partial charge is 0.102 e. The molecule has 1 aromatic heterocycles. The van der Waals surface area contributed by atoms with Gasteiger partial charge in [0.2, 0.25) is 0 Å². The first-order valence-electron chi connectivity index (χ1n) is 2.82. The summed E-state index contributed by atoms with van der Waals surface area (Å²) >= 11 is 7.37. The lowest BCUT2D eigenvalue weighted by Gasteiger charge is -1.83. The van der Waals surface area contributed by atoms with Gasteiger partial charge in [-0.2, -0.15) is 5.26 Å². The van der Waals surface area contributed by atoms with Crippen molar-refractivity contribution in [3.63, 3.8) is 0 Å². The number of thiophene rings is 1. The second-order valence-electron chi connectivity index (χ2n) is 2.02. The standard InChI is InChI=1S/C7H6ClNS/c1-4-6(3-9)7(8)5(2)10-4/h1-2H3. The molecular weight excluding hydrogens is 166 g/mol. The third-order valence-corrected chi connectivity index (χ3v) is 2.90. The maximum atomic E-state index is 8.58. The minimum Gasteiger partial charge on any atom is -0.192 e. The van der Waals surface area contributed by atoms with Gasteiger partial charge in [-0.25, -0.2) is 0 Å². The Morgan fingerprint density at radius 2 is 2.00 bits per heavy atom. The average molecular weight is 172 g/mol. The molecule has 0 spiro atoms. The van der Waals surface area contributed by atoms with E-state index in [0.717, 1.165) is 9.75 Å². The van der Waals surface area contributed by atoms with Gasteiger partial charge in [0.1, 0.15) is 6.07 Å². The molecule has 0 aromatic carbocycles. The lowest BCUT2D eigenvalue weighted by Crippen LogP contribution is -1.71. The van der Waals surface area contributed by atoms with Crippen molar-refractivity contribution in [2.45, 2.75) is 13.8 Å². The molecule has 10 heavy (non-hydrogen) atoms. The SMILES string of the molecule is Cc1sc(C)c(C#N)c1Cl. The van der Waals surface area contributed by atoms with E-state index in [4.69, 9.17) is 16.9 Å². The first kappa shape index (κ1) is 7.59. The summed E-state index contributed by atoms with van der Waals surface area (Å²) in [5, 5.41) is 9.20. The third kappa shape index (κ3) is 1.03. The lowest BCUT2D eigenvalue weighted by molar-refractivity contribution is 1.46. The number of hydrogen-bond donors (Lipinski definition) is 0. The first-order chi connectivity index (χ1) is 4.66. The molecule has 0 saturated carbocycles. The minimum atomic E-state index is 0.616. The molecule has 0 atom stereocenters. The van der Waals surface area contributed by atoms with E-state index in [0.29, 0.717) is 10.6 Å². The molecule has 0 saturated heterocycles. The summed E-state index contributed by atoms with van der Waals surface area (Å²) in [5.74, 6) is 0. The molecule has 0 radical (unpaired) electrons. The van der Waals surface area contributed by atoms with E-state index in [9.17, 15) is 0 Å². The van der Waals surface area contributed by atoms with Gasteiger partial charge in [-0.1, -0.05) is 11.6 Å². The van der Waals surface area contributed by atoms with Gasteiger partial charge in [-0.05, 0) is 13.8 Å². The molecular formula is C7H6ClNS. The van der Waals surface area contributed by atoms with Crippen LogP contribution >= 0.6 is 22.9 Å². The molecule has 3 heteroatoms. The molecule has 1 heterocycles. The van der Waals surface area contributed by atoms with Crippen molar-refractivity contribution in [3.05, 3.63) is 20.3 Å². The average Bonchev–Trinajstić information content (AvgIpc) is 2.09. The number of hydrogen-bond acceptors (Lipinski definition) is 2. The van der Waals surface area contributed by atoms with Crippen LogP contribution in [0.15, 0.2) is 0 Å². The molecule has 0 aliphatic heterocycles. The highest BCUT2D eigenvalue weighted by Crippen LogP contribution is 2.30. The van der Waals surface area contributed by atoms with Crippen LogP contribution in [-0.2, 0) is 0 Å². The predicted octanol–water partition coefficient (Wildman–Crippen LogP) is 2.89. The molecule has 52 valence electrons. The largest absolute Gasteiger partial charge is 0.192 e. The molecule has 0 bridgehead atoms. The Balaban J connectivity index is 3.37. The normalized spacial score (nSPS) is 9.40. The minimum absolute atomic E-state index is 0.616. The van der Waals surface area contributed by atoms with Crippen LogP contribution in [0.25, 0.3) is 0 Å². The lowest BCUT2D eigenvalue weighted by atomic mass is 10.3. The van der Waals surface area contributed by atoms with Gasteiger partial charge in [0.05, 0.1) is 10.6 Å². The van der Waals surface area contributed by atoms with Crippen LogP contribution in [0.5, 0.6) is 0 Å². The number of nitrogens with zero attached hydrogens (tertiary/aromatic N) is 1. The monoisotopic (exact) mass is 171 g/mol. The zero-order chi connectivity index (χ0) is 7.72. The van der Waals surface area contributed by atoms with Crippen molar-refractivity contribution in [3.8, 4) is 6.07 Å². The van der Waals surface area contributed by atoms with Gasteiger partial charge in [-0.15, -0.1) is 11.3 Å². The van der Waals surface area contributed by atoms with E-state index < -0.39 is 0 Å².